The number of aliphatic imine (C=N–C) groups is 1. The van der Waals surface area contributed by atoms with Gasteiger partial charge >= 0.3 is 0 Å². The number of aryl methyl sites for hydroxylation is 1. The van der Waals surface area contributed by atoms with Crippen molar-refractivity contribution in [3.05, 3.63) is 21.7 Å². The molecular formula is C14H14BrNO3. The predicted molar refractivity (Wildman–Crippen MR) is 73.3 cm³/mol. The molecule has 0 N–H and O–H groups in total. The van der Waals surface area contributed by atoms with Crippen LogP contribution in [0.15, 0.2) is 15.5 Å². The molecule has 19 heavy (non-hydrogen) atoms. The zero-order valence-electron chi connectivity index (χ0n) is 10.7. The molecule has 0 atom stereocenters. The predicted octanol–water partition coefficient (Wildman–Crippen LogP) is 3.59. The van der Waals surface area contributed by atoms with Crippen LogP contribution in [0.25, 0.3) is 0 Å². The van der Waals surface area contributed by atoms with Gasteiger partial charge in [0.2, 0.25) is 12.9 Å². The van der Waals surface area contributed by atoms with E-state index in [0.717, 1.165) is 47.0 Å². The smallest absolute Gasteiger partial charge is 0.235 e. The van der Waals surface area contributed by atoms with Gasteiger partial charge in [-0.25, -0.2) is 4.79 Å². The second-order valence-electron chi connectivity index (χ2n) is 5.06. The fraction of sp³-hybridized carbons (Fsp3) is 0.500. The van der Waals surface area contributed by atoms with Gasteiger partial charge in [-0.3, -0.25) is 0 Å². The minimum absolute atomic E-state index is 0.237. The monoisotopic (exact) mass is 323 g/mol. The first-order valence-electron chi connectivity index (χ1n) is 6.36. The van der Waals surface area contributed by atoms with Crippen molar-refractivity contribution in [2.24, 2.45) is 4.99 Å². The maximum Gasteiger partial charge on any atom is 0.235 e. The summed E-state index contributed by atoms with van der Waals surface area (Å²) in [6.07, 6.45) is 5.66. The molecule has 0 unspecified atom stereocenters. The molecule has 3 rings (SSSR count). The van der Waals surface area contributed by atoms with Crippen molar-refractivity contribution in [2.45, 2.75) is 38.1 Å². The summed E-state index contributed by atoms with van der Waals surface area (Å²) in [5.74, 6) is 1.46. The quantitative estimate of drug-likeness (QED) is 0.617. The highest BCUT2D eigenvalue weighted by atomic mass is 79.9. The molecule has 2 aliphatic rings. The Morgan fingerprint density at radius 1 is 1.37 bits per heavy atom. The number of isocyanates is 1. The van der Waals surface area contributed by atoms with Crippen LogP contribution in [0.4, 0.5) is 0 Å². The highest BCUT2D eigenvalue weighted by molar-refractivity contribution is 9.10. The summed E-state index contributed by atoms with van der Waals surface area (Å²) in [7, 11) is 0. The third-order valence-electron chi connectivity index (χ3n) is 3.96. The molecule has 0 saturated heterocycles. The van der Waals surface area contributed by atoms with E-state index in [9.17, 15) is 4.79 Å². The second-order valence-corrected chi connectivity index (χ2v) is 5.85. The van der Waals surface area contributed by atoms with E-state index in [1.807, 2.05) is 13.0 Å². The van der Waals surface area contributed by atoms with E-state index in [2.05, 4.69) is 20.9 Å². The van der Waals surface area contributed by atoms with Gasteiger partial charge in [-0.2, -0.15) is 4.99 Å². The Hall–Kier alpha value is -1.32. The normalized spacial score (nSPS) is 19.3. The number of rotatable bonds is 2. The van der Waals surface area contributed by atoms with Crippen molar-refractivity contribution >= 4 is 22.0 Å². The third-order valence-corrected chi connectivity index (χ3v) is 4.71. The Bertz CT molecular complexity index is 573. The summed E-state index contributed by atoms with van der Waals surface area (Å²) >= 11 is 3.60. The molecule has 1 aromatic rings. The Kier molecular flexibility index (Phi) is 3.11. The van der Waals surface area contributed by atoms with Gasteiger partial charge in [0.1, 0.15) is 0 Å². The number of hydrogen-bond donors (Lipinski definition) is 0. The number of hydrogen-bond acceptors (Lipinski definition) is 4. The molecular weight excluding hydrogens is 310 g/mol. The molecule has 0 radical (unpaired) electrons. The van der Waals surface area contributed by atoms with E-state index in [0.29, 0.717) is 5.75 Å². The van der Waals surface area contributed by atoms with Gasteiger partial charge in [-0.15, -0.1) is 0 Å². The van der Waals surface area contributed by atoms with Crippen LogP contribution in [-0.4, -0.2) is 12.9 Å². The van der Waals surface area contributed by atoms with Crippen molar-refractivity contribution in [3.63, 3.8) is 0 Å². The van der Waals surface area contributed by atoms with E-state index >= 15 is 0 Å². The zero-order chi connectivity index (χ0) is 13.5. The second kappa shape index (κ2) is 4.66. The zero-order valence-corrected chi connectivity index (χ0v) is 12.2. The van der Waals surface area contributed by atoms with Crippen LogP contribution in [0.3, 0.4) is 0 Å². The van der Waals surface area contributed by atoms with Gasteiger partial charge in [0.05, 0.1) is 10.0 Å². The average Bonchev–Trinajstić information content (AvgIpc) is 2.99. The Morgan fingerprint density at radius 2 is 2.11 bits per heavy atom. The standard InChI is InChI=1S/C14H14BrNO3/c1-9-6-10-13(19-8-18-10)12(15)11(9)14(16-7-17)4-2-3-5-14/h6H,2-5,8H2,1H3. The van der Waals surface area contributed by atoms with Gasteiger partial charge in [0.25, 0.3) is 0 Å². The number of benzene rings is 1. The number of ether oxygens (including phenoxy) is 2. The van der Waals surface area contributed by atoms with Crippen LogP contribution in [0.5, 0.6) is 11.5 Å². The summed E-state index contributed by atoms with van der Waals surface area (Å²) in [6, 6.07) is 1.96. The van der Waals surface area contributed by atoms with Crippen LogP contribution in [0.2, 0.25) is 0 Å². The van der Waals surface area contributed by atoms with Gasteiger partial charge in [0, 0.05) is 5.56 Å². The van der Waals surface area contributed by atoms with Crippen molar-refractivity contribution < 1.29 is 14.3 Å². The van der Waals surface area contributed by atoms with E-state index in [1.54, 1.807) is 6.08 Å². The Balaban J connectivity index is 2.22. The highest BCUT2D eigenvalue weighted by Crippen LogP contribution is 2.51. The van der Waals surface area contributed by atoms with Crippen molar-refractivity contribution in [2.75, 3.05) is 6.79 Å². The van der Waals surface area contributed by atoms with Crippen LogP contribution in [0, 0.1) is 6.92 Å². The molecule has 1 heterocycles. The first-order chi connectivity index (χ1) is 9.18. The lowest BCUT2D eigenvalue weighted by atomic mass is 9.85. The van der Waals surface area contributed by atoms with Crippen LogP contribution >= 0.6 is 15.9 Å². The van der Waals surface area contributed by atoms with Crippen LogP contribution < -0.4 is 9.47 Å². The molecule has 5 heteroatoms. The fourth-order valence-electron chi connectivity index (χ4n) is 3.16. The summed E-state index contributed by atoms with van der Waals surface area (Å²) in [6.45, 7) is 2.25. The van der Waals surface area contributed by atoms with E-state index < -0.39 is 5.54 Å². The Morgan fingerprint density at radius 3 is 2.79 bits per heavy atom. The molecule has 4 nitrogen and oxygen atoms in total. The molecule has 0 bridgehead atoms. The van der Waals surface area contributed by atoms with E-state index in [1.165, 1.54) is 0 Å². The molecule has 1 saturated carbocycles. The maximum absolute atomic E-state index is 10.8. The maximum atomic E-state index is 10.8. The SMILES string of the molecule is Cc1cc2c(c(Br)c1C1(N=C=O)CCCC1)OCO2. The third kappa shape index (κ3) is 1.88. The lowest BCUT2D eigenvalue weighted by molar-refractivity contribution is 0.173. The average molecular weight is 324 g/mol. The molecule has 0 aromatic heterocycles. The van der Waals surface area contributed by atoms with Gasteiger partial charge in [-0.05, 0) is 47.3 Å². The highest BCUT2D eigenvalue weighted by Gasteiger charge is 2.40. The lowest BCUT2D eigenvalue weighted by Crippen LogP contribution is -2.21. The topological polar surface area (TPSA) is 47.9 Å². The van der Waals surface area contributed by atoms with Gasteiger partial charge < -0.3 is 9.47 Å². The Labute approximate surface area is 119 Å². The first-order valence-corrected chi connectivity index (χ1v) is 7.15. The largest absolute Gasteiger partial charge is 0.454 e. The van der Waals surface area contributed by atoms with Gasteiger partial charge in [-0.1, -0.05) is 12.8 Å². The number of halogens is 1. The van der Waals surface area contributed by atoms with Crippen LogP contribution in [0.1, 0.15) is 36.8 Å². The minimum Gasteiger partial charge on any atom is -0.454 e. The minimum atomic E-state index is -0.453. The van der Waals surface area contributed by atoms with Crippen molar-refractivity contribution in [1.29, 1.82) is 0 Å². The molecule has 1 aliphatic carbocycles. The molecule has 100 valence electrons. The number of fused-ring (bicyclic) bond motifs is 1. The molecule has 1 aliphatic heterocycles. The summed E-state index contributed by atoms with van der Waals surface area (Å²) in [4.78, 5) is 15.0. The summed E-state index contributed by atoms with van der Waals surface area (Å²) < 4.78 is 11.8. The first kappa shape index (κ1) is 12.7. The number of carbonyl (C=O) groups excluding carboxylic acids is 1. The molecule has 0 amide bonds. The summed E-state index contributed by atoms with van der Waals surface area (Å²) in [5.41, 5.74) is 1.65. The summed E-state index contributed by atoms with van der Waals surface area (Å²) in [5, 5.41) is 0. The van der Waals surface area contributed by atoms with Crippen molar-refractivity contribution in [3.8, 4) is 11.5 Å². The van der Waals surface area contributed by atoms with E-state index in [-0.39, 0.29) is 6.79 Å². The molecule has 1 aromatic carbocycles. The number of nitrogens with zero attached hydrogens (tertiary/aromatic N) is 1. The van der Waals surface area contributed by atoms with Crippen molar-refractivity contribution in [1.82, 2.24) is 0 Å². The van der Waals surface area contributed by atoms with Crippen LogP contribution in [-0.2, 0) is 10.3 Å². The molecule has 1 fully saturated rings. The lowest BCUT2D eigenvalue weighted by Gasteiger charge is -2.26. The van der Waals surface area contributed by atoms with Gasteiger partial charge in [0.15, 0.2) is 11.5 Å². The molecule has 0 spiro atoms. The fourth-order valence-corrected chi connectivity index (χ4v) is 4.15. The van der Waals surface area contributed by atoms with E-state index in [4.69, 9.17) is 9.47 Å².